The van der Waals surface area contributed by atoms with Crippen LogP contribution in [0.15, 0.2) is 24.3 Å². The molecule has 0 amide bonds. The average Bonchev–Trinajstić information content (AvgIpc) is 2.18. The first kappa shape index (κ1) is 11.9. The number of hydrogen-bond acceptors (Lipinski definition) is 3. The number of rotatable bonds is 5. The van der Waals surface area contributed by atoms with Gasteiger partial charge in [0.1, 0.15) is 16.8 Å². The van der Waals surface area contributed by atoms with Crippen LogP contribution >= 0.6 is 12.2 Å². The van der Waals surface area contributed by atoms with Gasteiger partial charge in [0.2, 0.25) is 0 Å². The summed E-state index contributed by atoms with van der Waals surface area (Å²) in [5.41, 5.74) is 6.33. The van der Waals surface area contributed by atoms with Crippen LogP contribution in [0.3, 0.4) is 0 Å². The van der Waals surface area contributed by atoms with Gasteiger partial charge in [-0.05, 0) is 31.2 Å². The van der Waals surface area contributed by atoms with Gasteiger partial charge in [-0.15, -0.1) is 0 Å². The molecule has 3 nitrogen and oxygen atoms in total. The Balaban J connectivity index is 2.60. The third kappa shape index (κ3) is 3.85. The van der Waals surface area contributed by atoms with E-state index in [1.165, 1.54) is 0 Å². The van der Waals surface area contributed by atoms with Crippen molar-refractivity contribution in [3.8, 4) is 5.75 Å². The van der Waals surface area contributed by atoms with E-state index < -0.39 is 0 Å². The summed E-state index contributed by atoms with van der Waals surface area (Å²) in [6.45, 7) is 2.52. The van der Waals surface area contributed by atoms with Gasteiger partial charge in [0, 0.05) is 12.7 Å². The zero-order chi connectivity index (χ0) is 11.3. The summed E-state index contributed by atoms with van der Waals surface area (Å²) >= 11 is 4.85. The maximum absolute atomic E-state index is 5.58. The predicted octanol–water partition coefficient (Wildman–Crippen LogP) is 1.73. The molecule has 82 valence electrons. The van der Waals surface area contributed by atoms with Crippen LogP contribution in [0, 0.1) is 0 Å². The molecule has 0 saturated carbocycles. The van der Waals surface area contributed by atoms with Crippen LogP contribution in [0.25, 0.3) is 0 Å². The molecule has 1 rings (SSSR count). The SMILES string of the molecule is COCC(C)Oc1ccc(C(N)=S)cc1. The highest BCUT2D eigenvalue weighted by atomic mass is 32.1. The second-order valence-electron chi connectivity index (χ2n) is 3.27. The highest BCUT2D eigenvalue weighted by molar-refractivity contribution is 7.80. The second-order valence-corrected chi connectivity index (χ2v) is 3.71. The smallest absolute Gasteiger partial charge is 0.119 e. The summed E-state index contributed by atoms with van der Waals surface area (Å²) in [6, 6.07) is 7.38. The number of nitrogens with two attached hydrogens (primary N) is 1. The van der Waals surface area contributed by atoms with Crippen molar-refractivity contribution in [1.29, 1.82) is 0 Å². The van der Waals surface area contributed by atoms with Gasteiger partial charge in [-0.2, -0.15) is 0 Å². The van der Waals surface area contributed by atoms with E-state index >= 15 is 0 Å². The van der Waals surface area contributed by atoms with Gasteiger partial charge >= 0.3 is 0 Å². The van der Waals surface area contributed by atoms with Gasteiger partial charge in [-0.25, -0.2) is 0 Å². The highest BCUT2D eigenvalue weighted by Crippen LogP contribution is 2.13. The Hall–Kier alpha value is -1.13. The van der Waals surface area contributed by atoms with Gasteiger partial charge in [0.05, 0.1) is 6.61 Å². The first-order valence-corrected chi connectivity index (χ1v) is 5.09. The molecule has 0 fully saturated rings. The number of thiocarbonyl (C=S) groups is 1. The first-order valence-electron chi connectivity index (χ1n) is 4.69. The molecule has 0 saturated heterocycles. The zero-order valence-electron chi connectivity index (χ0n) is 8.90. The van der Waals surface area contributed by atoms with Gasteiger partial charge in [0.25, 0.3) is 0 Å². The largest absolute Gasteiger partial charge is 0.488 e. The molecule has 0 aliphatic carbocycles. The normalized spacial score (nSPS) is 12.1. The van der Waals surface area contributed by atoms with Crippen molar-refractivity contribution >= 4 is 17.2 Å². The molecule has 2 N–H and O–H groups in total. The lowest BCUT2D eigenvalue weighted by Gasteiger charge is -2.13. The van der Waals surface area contributed by atoms with E-state index in [-0.39, 0.29) is 6.10 Å². The van der Waals surface area contributed by atoms with Gasteiger partial charge < -0.3 is 15.2 Å². The molecule has 0 aliphatic rings. The van der Waals surface area contributed by atoms with Crippen molar-refractivity contribution in [2.75, 3.05) is 13.7 Å². The van der Waals surface area contributed by atoms with Crippen molar-refractivity contribution in [2.45, 2.75) is 13.0 Å². The van der Waals surface area contributed by atoms with Crippen LogP contribution in [-0.2, 0) is 4.74 Å². The molecule has 0 heterocycles. The van der Waals surface area contributed by atoms with E-state index in [0.29, 0.717) is 11.6 Å². The maximum atomic E-state index is 5.58. The van der Waals surface area contributed by atoms with Crippen LogP contribution in [0.1, 0.15) is 12.5 Å². The van der Waals surface area contributed by atoms with Crippen molar-refractivity contribution in [3.05, 3.63) is 29.8 Å². The van der Waals surface area contributed by atoms with Crippen molar-refractivity contribution < 1.29 is 9.47 Å². The highest BCUT2D eigenvalue weighted by Gasteiger charge is 2.03. The van der Waals surface area contributed by atoms with Crippen LogP contribution in [-0.4, -0.2) is 24.8 Å². The standard InChI is InChI=1S/C11H15NO2S/c1-8(7-13-2)14-10-5-3-9(4-6-10)11(12)15/h3-6,8H,7H2,1-2H3,(H2,12,15). The van der Waals surface area contributed by atoms with Crippen LogP contribution < -0.4 is 10.5 Å². The van der Waals surface area contributed by atoms with Crippen LogP contribution in [0.5, 0.6) is 5.75 Å². The van der Waals surface area contributed by atoms with E-state index in [1.54, 1.807) is 7.11 Å². The lowest BCUT2D eigenvalue weighted by molar-refractivity contribution is 0.0921. The molecule has 15 heavy (non-hydrogen) atoms. The van der Waals surface area contributed by atoms with Crippen molar-refractivity contribution in [2.24, 2.45) is 5.73 Å². The molecule has 0 bridgehead atoms. The van der Waals surface area contributed by atoms with Gasteiger partial charge in [-0.1, -0.05) is 12.2 Å². The molecular formula is C11H15NO2S. The Kier molecular flexibility index (Phi) is 4.52. The second kappa shape index (κ2) is 5.68. The minimum absolute atomic E-state index is 0.0330. The van der Waals surface area contributed by atoms with Gasteiger partial charge in [-0.3, -0.25) is 0 Å². The molecule has 0 spiro atoms. The molecule has 1 aromatic carbocycles. The fourth-order valence-electron chi connectivity index (χ4n) is 1.20. The van der Waals surface area contributed by atoms with E-state index in [1.807, 2.05) is 31.2 Å². The maximum Gasteiger partial charge on any atom is 0.119 e. The topological polar surface area (TPSA) is 44.5 Å². The van der Waals surface area contributed by atoms with Crippen molar-refractivity contribution in [1.82, 2.24) is 0 Å². The summed E-state index contributed by atoms with van der Waals surface area (Å²) in [4.78, 5) is 0.395. The van der Waals surface area contributed by atoms with E-state index in [9.17, 15) is 0 Å². The number of methoxy groups -OCH3 is 1. The van der Waals surface area contributed by atoms with Crippen LogP contribution in [0.4, 0.5) is 0 Å². The van der Waals surface area contributed by atoms with Gasteiger partial charge in [0.15, 0.2) is 0 Å². The molecule has 0 aliphatic heterocycles. The average molecular weight is 225 g/mol. The Bertz CT molecular complexity index is 324. The number of hydrogen-bond donors (Lipinski definition) is 1. The van der Waals surface area contributed by atoms with Crippen LogP contribution in [0.2, 0.25) is 0 Å². The van der Waals surface area contributed by atoms with E-state index in [2.05, 4.69) is 0 Å². The lowest BCUT2D eigenvalue weighted by atomic mass is 10.2. The molecule has 0 aromatic heterocycles. The lowest BCUT2D eigenvalue weighted by Crippen LogP contribution is -2.18. The predicted molar refractivity (Wildman–Crippen MR) is 64.3 cm³/mol. The summed E-state index contributed by atoms with van der Waals surface area (Å²) in [6.07, 6.45) is 0.0330. The summed E-state index contributed by atoms with van der Waals surface area (Å²) in [7, 11) is 1.65. The number of ether oxygens (including phenoxy) is 2. The Labute approximate surface area is 95.2 Å². The summed E-state index contributed by atoms with van der Waals surface area (Å²) in [5.74, 6) is 0.791. The number of benzene rings is 1. The fourth-order valence-corrected chi connectivity index (χ4v) is 1.33. The molecule has 1 atom stereocenters. The minimum Gasteiger partial charge on any atom is -0.488 e. The van der Waals surface area contributed by atoms with E-state index in [4.69, 9.17) is 27.4 Å². The molecule has 0 radical (unpaired) electrons. The Morgan fingerprint density at radius 2 is 2.00 bits per heavy atom. The zero-order valence-corrected chi connectivity index (χ0v) is 9.71. The fraction of sp³-hybridized carbons (Fsp3) is 0.364. The molecule has 1 aromatic rings. The summed E-state index contributed by atoms with van der Waals surface area (Å²) in [5, 5.41) is 0. The minimum atomic E-state index is 0.0330. The third-order valence-electron chi connectivity index (χ3n) is 1.88. The monoisotopic (exact) mass is 225 g/mol. The molecular weight excluding hydrogens is 210 g/mol. The quantitative estimate of drug-likeness (QED) is 0.775. The first-order chi connectivity index (χ1) is 7.13. The summed E-state index contributed by atoms with van der Waals surface area (Å²) < 4.78 is 10.6. The third-order valence-corrected chi connectivity index (χ3v) is 2.11. The molecule has 4 heteroatoms. The van der Waals surface area contributed by atoms with Crippen molar-refractivity contribution in [3.63, 3.8) is 0 Å². The molecule has 1 unspecified atom stereocenters. The van der Waals surface area contributed by atoms with E-state index in [0.717, 1.165) is 11.3 Å². The Morgan fingerprint density at radius 3 is 2.47 bits per heavy atom. The Morgan fingerprint density at radius 1 is 1.40 bits per heavy atom.